The van der Waals surface area contributed by atoms with Crippen LogP contribution in [0.1, 0.15) is 95.6 Å². The van der Waals surface area contributed by atoms with Crippen LogP contribution in [0.5, 0.6) is 0 Å². The standard InChI is InChI=1S/C49H67N9O10/c1-5-42(60)52-30-40(46(64)55-36(26-31(2)3)48(66)58-25-13-19-39(58)45(63)56-38(49(67)68)28-33-16-10-7-11-17-33)57(4)47(65)37(27-32-14-8-6-9-15-32)54-44(62)35(21-22-41(50)59)53-43(61)23-20-34-18-12-24-51-29-34/h5,7,10-12,16-18,20,23-24,29,31-32,35-40H,1,6,8-9,13-15,19,21-22,25-28,30H2,2-4H3,(H2,50,59)(H,52,60)(H,53,61)(H,54,62)(H,55,64)(H,56,63)(H,67,68)/b23-20+/t35-,36-,37-,38-,39-,40-/m0/s1. The van der Waals surface area contributed by atoms with Gasteiger partial charge < -0.3 is 47.2 Å². The van der Waals surface area contributed by atoms with Gasteiger partial charge in [0.1, 0.15) is 36.3 Å². The second-order valence-electron chi connectivity index (χ2n) is 17.9. The van der Waals surface area contributed by atoms with Gasteiger partial charge in [0.2, 0.25) is 47.3 Å². The number of carboxylic acids is 1. The number of aliphatic carboxylic acids is 1. The van der Waals surface area contributed by atoms with Crippen LogP contribution in [0.15, 0.2) is 73.6 Å². The molecule has 2 heterocycles. The molecule has 6 atom stereocenters. The van der Waals surface area contributed by atoms with Crippen molar-refractivity contribution >= 4 is 59.3 Å². The Morgan fingerprint density at radius 3 is 2.19 bits per heavy atom. The zero-order valence-electron chi connectivity index (χ0n) is 39.2. The monoisotopic (exact) mass is 942 g/mol. The minimum absolute atomic E-state index is 0.0167. The second kappa shape index (κ2) is 27.0. The lowest BCUT2D eigenvalue weighted by atomic mass is 9.84. The summed E-state index contributed by atoms with van der Waals surface area (Å²) in [5.74, 6) is -6.88. The maximum absolute atomic E-state index is 14.7. The first kappa shape index (κ1) is 53.7. The molecule has 0 radical (unpaired) electrons. The summed E-state index contributed by atoms with van der Waals surface area (Å²) in [6.45, 7) is 6.91. The number of hydrogen-bond acceptors (Lipinski definition) is 10. The van der Waals surface area contributed by atoms with E-state index in [1.807, 2.05) is 13.8 Å². The van der Waals surface area contributed by atoms with Crippen molar-refractivity contribution in [3.05, 3.63) is 84.7 Å². The van der Waals surface area contributed by atoms with Crippen molar-refractivity contribution in [2.75, 3.05) is 20.1 Å². The number of carboxylic acid groups (broad SMARTS) is 1. The number of benzene rings is 1. The summed E-state index contributed by atoms with van der Waals surface area (Å²) in [5.41, 5.74) is 6.75. The molecule has 2 aliphatic rings. The quantitative estimate of drug-likeness (QED) is 0.0705. The Labute approximate surface area is 397 Å². The predicted molar refractivity (Wildman–Crippen MR) is 252 cm³/mol. The Hall–Kier alpha value is -6.92. The highest BCUT2D eigenvalue weighted by Gasteiger charge is 2.41. The van der Waals surface area contributed by atoms with Gasteiger partial charge in [0.25, 0.3) is 0 Å². The zero-order chi connectivity index (χ0) is 49.8. The van der Waals surface area contributed by atoms with Gasteiger partial charge in [-0.05, 0) is 73.3 Å². The average Bonchev–Trinajstić information content (AvgIpc) is 3.82. The lowest BCUT2D eigenvalue weighted by Gasteiger charge is -2.35. The lowest BCUT2D eigenvalue weighted by Crippen LogP contribution is -2.61. The summed E-state index contributed by atoms with van der Waals surface area (Å²) in [6, 6.07) is 4.79. The molecule has 2 fully saturated rings. The first-order valence-electron chi connectivity index (χ1n) is 23.3. The molecule has 0 unspecified atom stereocenters. The number of hydrogen-bond donors (Lipinski definition) is 7. The number of amides is 8. The molecule has 4 rings (SSSR count). The Kier molecular flexibility index (Phi) is 21.3. The summed E-state index contributed by atoms with van der Waals surface area (Å²) in [4.78, 5) is 127. The lowest BCUT2D eigenvalue weighted by molar-refractivity contribution is -0.146. The number of carbonyl (C=O) groups is 9. The van der Waals surface area contributed by atoms with Crippen LogP contribution in [0, 0.1) is 11.8 Å². The molecular formula is C49H67N9O10. The van der Waals surface area contributed by atoms with Gasteiger partial charge in [-0.2, -0.15) is 0 Å². The number of primary amides is 1. The minimum Gasteiger partial charge on any atom is -0.480 e. The van der Waals surface area contributed by atoms with Crippen LogP contribution in [-0.2, 0) is 49.6 Å². The Balaban J connectivity index is 1.58. The Morgan fingerprint density at radius 1 is 0.853 bits per heavy atom. The molecular weight excluding hydrogens is 875 g/mol. The fourth-order valence-electron chi connectivity index (χ4n) is 8.53. The summed E-state index contributed by atoms with van der Waals surface area (Å²) in [7, 11) is 1.34. The van der Waals surface area contributed by atoms with Crippen molar-refractivity contribution in [3.8, 4) is 0 Å². The number of aromatic nitrogens is 1. The van der Waals surface area contributed by atoms with Crippen LogP contribution in [0.25, 0.3) is 6.08 Å². The van der Waals surface area contributed by atoms with E-state index in [2.05, 4.69) is 38.1 Å². The third-order valence-corrected chi connectivity index (χ3v) is 12.2. The van der Waals surface area contributed by atoms with Crippen LogP contribution in [0.2, 0.25) is 0 Å². The molecule has 8 N–H and O–H groups in total. The summed E-state index contributed by atoms with van der Waals surface area (Å²) < 4.78 is 0. The maximum Gasteiger partial charge on any atom is 0.326 e. The molecule has 368 valence electrons. The number of nitrogens with zero attached hydrogens (tertiary/aromatic N) is 3. The maximum atomic E-state index is 14.7. The smallest absolute Gasteiger partial charge is 0.326 e. The van der Waals surface area contributed by atoms with E-state index in [-0.39, 0.29) is 56.9 Å². The highest BCUT2D eigenvalue weighted by Crippen LogP contribution is 2.28. The van der Waals surface area contributed by atoms with E-state index in [1.54, 1.807) is 48.7 Å². The van der Waals surface area contributed by atoms with E-state index in [1.165, 1.54) is 30.3 Å². The summed E-state index contributed by atoms with van der Waals surface area (Å²) in [6.07, 6.45) is 11.8. The van der Waals surface area contributed by atoms with Gasteiger partial charge in [0.15, 0.2) is 0 Å². The van der Waals surface area contributed by atoms with Crippen molar-refractivity contribution in [1.29, 1.82) is 0 Å². The molecule has 1 aromatic heterocycles. The number of carbonyl (C=O) groups excluding carboxylic acids is 8. The number of nitrogens with two attached hydrogens (primary N) is 1. The van der Waals surface area contributed by atoms with Gasteiger partial charge in [-0.3, -0.25) is 43.3 Å². The van der Waals surface area contributed by atoms with E-state index >= 15 is 0 Å². The molecule has 0 spiro atoms. The highest BCUT2D eigenvalue weighted by molar-refractivity contribution is 5.99. The van der Waals surface area contributed by atoms with E-state index < -0.39 is 96.0 Å². The fourth-order valence-corrected chi connectivity index (χ4v) is 8.53. The van der Waals surface area contributed by atoms with Gasteiger partial charge in [0, 0.05) is 51.4 Å². The largest absolute Gasteiger partial charge is 0.480 e. The number of likely N-dealkylation sites (tertiary alicyclic amines) is 1. The van der Waals surface area contributed by atoms with Crippen LogP contribution in [-0.4, -0.2) is 130 Å². The minimum atomic E-state index is -1.44. The second-order valence-corrected chi connectivity index (χ2v) is 17.9. The van der Waals surface area contributed by atoms with Crippen molar-refractivity contribution in [2.24, 2.45) is 17.6 Å². The SMILES string of the molecule is C=CC(=O)NC[C@@H](C(=O)N[C@@H](CC(C)C)C(=O)N1CCC[C@H]1C(=O)N[C@@H](Cc1ccccc1)C(=O)O)N(C)C(=O)[C@H](CC1CCCCC1)NC(=O)[C@H](CCC(N)=O)NC(=O)/C=C/c1cccnc1. The molecule has 1 saturated carbocycles. The van der Waals surface area contributed by atoms with Crippen molar-refractivity contribution in [2.45, 2.75) is 127 Å². The molecule has 0 bridgehead atoms. The molecule has 8 amide bonds. The molecule has 19 nitrogen and oxygen atoms in total. The van der Waals surface area contributed by atoms with Crippen LogP contribution in [0.3, 0.4) is 0 Å². The number of pyridine rings is 1. The fraction of sp³-hybridized carbons (Fsp3) is 0.510. The Morgan fingerprint density at radius 2 is 1.56 bits per heavy atom. The molecule has 68 heavy (non-hydrogen) atoms. The topological polar surface area (TPSA) is 279 Å². The zero-order valence-corrected chi connectivity index (χ0v) is 39.2. The molecule has 1 saturated heterocycles. The van der Waals surface area contributed by atoms with Crippen LogP contribution < -0.4 is 32.3 Å². The van der Waals surface area contributed by atoms with Gasteiger partial charge in [-0.25, -0.2) is 4.79 Å². The number of nitrogens with one attached hydrogen (secondary N) is 5. The van der Waals surface area contributed by atoms with Crippen LogP contribution >= 0.6 is 0 Å². The molecule has 1 aliphatic heterocycles. The van der Waals surface area contributed by atoms with Gasteiger partial charge in [-0.1, -0.05) is 88.9 Å². The van der Waals surface area contributed by atoms with Crippen molar-refractivity contribution in [3.63, 3.8) is 0 Å². The van der Waals surface area contributed by atoms with Gasteiger partial charge in [0.05, 0.1) is 0 Å². The average molecular weight is 942 g/mol. The first-order chi connectivity index (χ1) is 32.5. The third kappa shape index (κ3) is 17.1. The molecule has 19 heteroatoms. The van der Waals surface area contributed by atoms with Crippen LogP contribution in [0.4, 0.5) is 0 Å². The molecule has 2 aromatic rings. The summed E-state index contributed by atoms with van der Waals surface area (Å²) in [5, 5.41) is 23.3. The van der Waals surface area contributed by atoms with E-state index in [0.717, 1.165) is 43.1 Å². The Bertz CT molecular complexity index is 2110. The number of likely N-dealkylation sites (N-methyl/N-ethyl adjacent to an activating group) is 1. The van der Waals surface area contributed by atoms with Crippen molar-refractivity contribution in [1.82, 2.24) is 41.4 Å². The molecule has 1 aliphatic carbocycles. The first-order valence-corrected chi connectivity index (χ1v) is 23.3. The van der Waals surface area contributed by atoms with Gasteiger partial charge in [-0.15, -0.1) is 0 Å². The third-order valence-electron chi connectivity index (χ3n) is 12.2. The number of rotatable bonds is 25. The molecule has 1 aromatic carbocycles. The van der Waals surface area contributed by atoms with E-state index in [0.29, 0.717) is 17.5 Å². The van der Waals surface area contributed by atoms with E-state index in [4.69, 9.17) is 5.73 Å². The highest BCUT2D eigenvalue weighted by atomic mass is 16.4. The van der Waals surface area contributed by atoms with E-state index in [9.17, 15) is 48.3 Å². The summed E-state index contributed by atoms with van der Waals surface area (Å²) >= 11 is 0. The normalized spacial score (nSPS) is 17.2. The van der Waals surface area contributed by atoms with Crippen molar-refractivity contribution < 1.29 is 48.3 Å². The predicted octanol–water partition coefficient (Wildman–Crippen LogP) is 1.76. The van der Waals surface area contributed by atoms with Gasteiger partial charge >= 0.3 is 5.97 Å².